The second kappa shape index (κ2) is 7.13. The van der Waals surface area contributed by atoms with E-state index in [9.17, 15) is 5.11 Å². The maximum absolute atomic E-state index is 11.0. The van der Waals surface area contributed by atoms with E-state index in [4.69, 9.17) is 4.74 Å². The average molecular weight is 423 g/mol. The minimum absolute atomic E-state index is 0.00706. The van der Waals surface area contributed by atoms with Crippen LogP contribution in [0.1, 0.15) is 40.2 Å². The molecule has 5 rings (SSSR count). The molecule has 1 heterocycles. The van der Waals surface area contributed by atoms with Crippen LogP contribution in [0.15, 0.2) is 78.4 Å². The van der Waals surface area contributed by atoms with Crippen LogP contribution in [0.2, 0.25) is 0 Å². The molecule has 0 amide bonds. The van der Waals surface area contributed by atoms with E-state index in [-0.39, 0.29) is 10.8 Å². The normalized spacial score (nSPS) is 16.0. The Hall–Kier alpha value is -3.26. The van der Waals surface area contributed by atoms with Gasteiger partial charge in [-0.25, -0.2) is 0 Å². The minimum atomic E-state index is -0.0227. The van der Waals surface area contributed by atoms with Gasteiger partial charge < -0.3 is 9.84 Å². The Morgan fingerprint density at radius 1 is 0.750 bits per heavy atom. The number of benzene rings is 4. The summed E-state index contributed by atoms with van der Waals surface area (Å²) in [7, 11) is 0. The van der Waals surface area contributed by atoms with Crippen LogP contribution in [-0.4, -0.2) is 11.7 Å². The SMILES string of the molecule is CC(C)(C)C1=C(c2cccc3c(-c4cccc5ccccc45)c(O)ccc23)OCC1(C)C. The van der Waals surface area contributed by atoms with Crippen molar-refractivity contribution in [1.29, 1.82) is 0 Å². The first-order valence-electron chi connectivity index (χ1n) is 11.3. The van der Waals surface area contributed by atoms with Crippen molar-refractivity contribution in [2.24, 2.45) is 10.8 Å². The Morgan fingerprint density at radius 2 is 1.41 bits per heavy atom. The molecule has 1 N–H and O–H groups in total. The summed E-state index contributed by atoms with van der Waals surface area (Å²) in [6, 6.07) is 24.8. The topological polar surface area (TPSA) is 29.5 Å². The van der Waals surface area contributed by atoms with Crippen molar-refractivity contribution < 1.29 is 9.84 Å². The van der Waals surface area contributed by atoms with Crippen LogP contribution in [0, 0.1) is 10.8 Å². The van der Waals surface area contributed by atoms with Gasteiger partial charge in [0.15, 0.2) is 0 Å². The van der Waals surface area contributed by atoms with Crippen molar-refractivity contribution in [2.45, 2.75) is 34.6 Å². The number of fused-ring (bicyclic) bond motifs is 2. The van der Waals surface area contributed by atoms with E-state index in [1.807, 2.05) is 24.3 Å². The van der Waals surface area contributed by atoms with E-state index < -0.39 is 0 Å². The lowest BCUT2D eigenvalue weighted by Crippen LogP contribution is -2.24. The highest BCUT2D eigenvalue weighted by atomic mass is 16.5. The number of aromatic hydroxyl groups is 1. The van der Waals surface area contributed by atoms with Gasteiger partial charge in [0.25, 0.3) is 0 Å². The fourth-order valence-corrected chi connectivity index (χ4v) is 5.54. The van der Waals surface area contributed by atoms with Gasteiger partial charge in [0.05, 0.1) is 6.61 Å². The number of hydrogen-bond acceptors (Lipinski definition) is 2. The molecule has 32 heavy (non-hydrogen) atoms. The standard InChI is InChI=1S/C30H30O2/c1-29(2,3)28-27(32-18-30(28,4)5)24-15-9-14-23-21(24)16-17-25(31)26(23)22-13-8-11-19-10-6-7-12-20(19)22/h6-17,31H,18H2,1-5H3. The van der Waals surface area contributed by atoms with Crippen molar-refractivity contribution >= 4 is 27.3 Å². The highest BCUT2D eigenvalue weighted by Crippen LogP contribution is 2.51. The molecular formula is C30H30O2. The van der Waals surface area contributed by atoms with Gasteiger partial charge in [-0.1, -0.05) is 95.3 Å². The first-order valence-corrected chi connectivity index (χ1v) is 11.3. The molecule has 0 unspecified atom stereocenters. The van der Waals surface area contributed by atoms with Crippen LogP contribution in [0.3, 0.4) is 0 Å². The summed E-state index contributed by atoms with van der Waals surface area (Å²) < 4.78 is 6.36. The number of phenols is 1. The van der Waals surface area contributed by atoms with E-state index in [2.05, 4.69) is 83.1 Å². The third-order valence-electron chi connectivity index (χ3n) is 6.57. The Kier molecular flexibility index (Phi) is 4.60. The lowest BCUT2D eigenvalue weighted by Gasteiger charge is -2.31. The lowest BCUT2D eigenvalue weighted by atomic mass is 9.71. The fourth-order valence-electron chi connectivity index (χ4n) is 5.54. The summed E-state index contributed by atoms with van der Waals surface area (Å²) >= 11 is 0. The van der Waals surface area contributed by atoms with Gasteiger partial charge in [-0.3, -0.25) is 0 Å². The minimum Gasteiger partial charge on any atom is -0.507 e. The molecule has 2 nitrogen and oxygen atoms in total. The third kappa shape index (κ3) is 3.17. The van der Waals surface area contributed by atoms with E-state index in [0.29, 0.717) is 12.4 Å². The molecule has 0 spiro atoms. The van der Waals surface area contributed by atoms with Gasteiger partial charge in [-0.2, -0.15) is 0 Å². The monoisotopic (exact) mass is 422 g/mol. The predicted octanol–water partition coefficient (Wildman–Crippen LogP) is 8.18. The van der Waals surface area contributed by atoms with Gasteiger partial charge in [-0.05, 0) is 50.2 Å². The highest BCUT2D eigenvalue weighted by Gasteiger charge is 2.41. The van der Waals surface area contributed by atoms with E-state index in [0.717, 1.165) is 44.0 Å². The van der Waals surface area contributed by atoms with Crippen molar-refractivity contribution in [3.8, 4) is 16.9 Å². The fraction of sp³-hybridized carbons (Fsp3) is 0.267. The van der Waals surface area contributed by atoms with E-state index in [1.165, 1.54) is 5.57 Å². The largest absolute Gasteiger partial charge is 0.507 e. The summed E-state index contributed by atoms with van der Waals surface area (Å²) in [5.74, 6) is 1.28. The molecule has 0 aliphatic carbocycles. The molecule has 0 radical (unpaired) electrons. The van der Waals surface area contributed by atoms with Crippen LogP contribution in [0.4, 0.5) is 0 Å². The molecule has 0 saturated carbocycles. The summed E-state index contributed by atoms with van der Waals surface area (Å²) in [4.78, 5) is 0. The van der Waals surface area contributed by atoms with E-state index >= 15 is 0 Å². The molecule has 1 aliphatic heterocycles. The highest BCUT2D eigenvalue weighted by molar-refractivity contribution is 6.09. The Labute approximate surface area is 190 Å². The summed E-state index contributed by atoms with van der Waals surface area (Å²) in [5, 5.41) is 15.4. The van der Waals surface area contributed by atoms with Gasteiger partial charge >= 0.3 is 0 Å². The lowest BCUT2D eigenvalue weighted by molar-refractivity contribution is 0.213. The molecule has 0 aromatic heterocycles. The summed E-state index contributed by atoms with van der Waals surface area (Å²) in [6.45, 7) is 12.0. The van der Waals surface area contributed by atoms with Gasteiger partial charge in [0, 0.05) is 16.5 Å². The maximum atomic E-state index is 11.0. The quantitative estimate of drug-likeness (QED) is 0.353. The molecule has 162 valence electrons. The zero-order chi connectivity index (χ0) is 22.7. The van der Waals surface area contributed by atoms with E-state index in [1.54, 1.807) is 0 Å². The van der Waals surface area contributed by atoms with Crippen LogP contribution in [-0.2, 0) is 4.74 Å². The summed E-state index contributed by atoms with van der Waals surface area (Å²) in [5.41, 5.74) is 4.33. The second-order valence-corrected chi connectivity index (χ2v) is 10.5. The molecular weight excluding hydrogens is 392 g/mol. The average Bonchev–Trinajstić information content (AvgIpc) is 3.08. The number of hydrogen-bond donors (Lipinski definition) is 1. The number of ether oxygens (including phenoxy) is 1. The first-order chi connectivity index (χ1) is 15.2. The molecule has 0 bridgehead atoms. The van der Waals surface area contributed by atoms with Crippen molar-refractivity contribution in [2.75, 3.05) is 6.61 Å². The maximum Gasteiger partial charge on any atom is 0.127 e. The van der Waals surface area contributed by atoms with Crippen molar-refractivity contribution in [1.82, 2.24) is 0 Å². The van der Waals surface area contributed by atoms with Crippen LogP contribution < -0.4 is 0 Å². The summed E-state index contributed by atoms with van der Waals surface area (Å²) in [6.07, 6.45) is 0. The molecule has 4 aromatic carbocycles. The smallest absolute Gasteiger partial charge is 0.127 e. The van der Waals surface area contributed by atoms with Gasteiger partial charge in [-0.15, -0.1) is 0 Å². The molecule has 4 aromatic rings. The number of phenolic OH excluding ortho intramolecular Hbond substituents is 1. The van der Waals surface area contributed by atoms with Crippen molar-refractivity contribution in [3.05, 3.63) is 83.9 Å². The molecule has 0 atom stereocenters. The first kappa shape index (κ1) is 20.6. The second-order valence-electron chi connectivity index (χ2n) is 10.5. The van der Waals surface area contributed by atoms with Crippen LogP contribution >= 0.6 is 0 Å². The zero-order valence-electron chi connectivity index (χ0n) is 19.5. The zero-order valence-corrected chi connectivity index (χ0v) is 19.5. The molecule has 0 saturated heterocycles. The molecule has 0 fully saturated rings. The van der Waals surface area contributed by atoms with Gasteiger partial charge in [0.1, 0.15) is 11.5 Å². The molecule has 1 aliphatic rings. The van der Waals surface area contributed by atoms with Crippen LogP contribution in [0.25, 0.3) is 38.4 Å². The Bertz CT molecular complexity index is 1380. The Morgan fingerprint density at radius 3 is 2.19 bits per heavy atom. The van der Waals surface area contributed by atoms with Crippen LogP contribution in [0.5, 0.6) is 5.75 Å². The molecule has 2 heteroatoms. The Balaban J connectivity index is 1.84. The number of rotatable bonds is 2. The van der Waals surface area contributed by atoms with Crippen molar-refractivity contribution in [3.63, 3.8) is 0 Å². The van der Waals surface area contributed by atoms with Gasteiger partial charge in [0.2, 0.25) is 0 Å². The predicted molar refractivity (Wildman–Crippen MR) is 135 cm³/mol. The third-order valence-corrected chi connectivity index (χ3v) is 6.57.